The van der Waals surface area contributed by atoms with E-state index in [1.165, 1.54) is 0 Å². The highest BCUT2D eigenvalue weighted by Gasteiger charge is 2.32. The van der Waals surface area contributed by atoms with Gasteiger partial charge >= 0.3 is 0 Å². The van der Waals surface area contributed by atoms with Crippen LogP contribution in [0.5, 0.6) is 0 Å². The molecule has 4 rings (SSSR count). The van der Waals surface area contributed by atoms with Crippen molar-refractivity contribution < 1.29 is 9.53 Å². The number of rotatable bonds is 7. The molecule has 160 valence electrons. The maximum atomic E-state index is 13.3. The zero-order valence-electron chi connectivity index (χ0n) is 17.9. The van der Waals surface area contributed by atoms with E-state index in [2.05, 4.69) is 29.2 Å². The second-order valence-corrected chi connectivity index (χ2v) is 8.81. The molecule has 0 saturated carbocycles. The summed E-state index contributed by atoms with van der Waals surface area (Å²) in [4.78, 5) is 21.6. The van der Waals surface area contributed by atoms with Crippen LogP contribution in [0.4, 0.5) is 0 Å². The van der Waals surface area contributed by atoms with Gasteiger partial charge in [-0.2, -0.15) is 5.10 Å². The smallest absolute Gasteiger partial charge is 0.252 e. The minimum atomic E-state index is -0.101. The first-order valence-corrected chi connectivity index (χ1v) is 11.4. The van der Waals surface area contributed by atoms with Crippen LogP contribution in [0.25, 0.3) is 21.6 Å². The summed E-state index contributed by atoms with van der Waals surface area (Å²) in [6.07, 6.45) is 2.70. The fourth-order valence-corrected chi connectivity index (χ4v) is 4.63. The Kier molecular flexibility index (Phi) is 6.17. The molecule has 1 fully saturated rings. The van der Waals surface area contributed by atoms with Gasteiger partial charge in [0.05, 0.1) is 40.9 Å². The van der Waals surface area contributed by atoms with Crippen molar-refractivity contribution in [2.45, 2.75) is 39.3 Å². The molecule has 1 aliphatic heterocycles. The van der Waals surface area contributed by atoms with E-state index in [4.69, 9.17) is 9.72 Å². The molecule has 1 amide bonds. The number of morpholine rings is 1. The first-order chi connectivity index (χ1) is 14.6. The highest BCUT2D eigenvalue weighted by atomic mass is 32.1. The monoisotopic (exact) mass is 427 g/mol. The van der Waals surface area contributed by atoms with Crippen LogP contribution in [0.2, 0.25) is 0 Å². The first-order valence-electron chi connectivity index (χ1n) is 10.6. The van der Waals surface area contributed by atoms with Crippen molar-refractivity contribution in [3.05, 3.63) is 35.3 Å². The summed E-state index contributed by atoms with van der Waals surface area (Å²) in [6, 6.07) is 5.92. The summed E-state index contributed by atoms with van der Waals surface area (Å²) < 4.78 is 7.34. The van der Waals surface area contributed by atoms with Gasteiger partial charge in [-0.1, -0.05) is 13.0 Å². The van der Waals surface area contributed by atoms with Crippen molar-refractivity contribution in [3.8, 4) is 10.6 Å². The van der Waals surface area contributed by atoms with E-state index in [0.717, 1.165) is 54.3 Å². The molecule has 3 aromatic heterocycles. The number of ether oxygens (including phenoxy) is 1. The zero-order valence-corrected chi connectivity index (χ0v) is 18.7. The Morgan fingerprint density at radius 1 is 1.33 bits per heavy atom. The Labute approximate surface area is 181 Å². The Bertz CT molecular complexity index is 1010. The normalized spacial score (nSPS) is 17.2. The Hall–Kier alpha value is -2.29. The van der Waals surface area contributed by atoms with Crippen molar-refractivity contribution >= 4 is 28.3 Å². The van der Waals surface area contributed by atoms with Gasteiger partial charge < -0.3 is 10.1 Å². The molecule has 7 nitrogen and oxygen atoms in total. The molecule has 1 aliphatic rings. The lowest BCUT2D eigenvalue weighted by Gasteiger charge is -2.43. The van der Waals surface area contributed by atoms with Crippen molar-refractivity contribution in [2.75, 3.05) is 32.8 Å². The van der Waals surface area contributed by atoms with E-state index in [-0.39, 0.29) is 11.4 Å². The lowest BCUT2D eigenvalue weighted by Crippen LogP contribution is -2.56. The van der Waals surface area contributed by atoms with E-state index in [0.29, 0.717) is 18.7 Å². The predicted octanol–water partition coefficient (Wildman–Crippen LogP) is 3.41. The van der Waals surface area contributed by atoms with Crippen LogP contribution in [0, 0.1) is 0 Å². The van der Waals surface area contributed by atoms with Gasteiger partial charge in [0.25, 0.3) is 5.91 Å². The zero-order chi connectivity index (χ0) is 21.1. The molecule has 1 atom stereocenters. The molecule has 0 bridgehead atoms. The lowest BCUT2D eigenvalue weighted by atomic mass is 9.95. The molecule has 1 N–H and O–H groups in total. The molecule has 30 heavy (non-hydrogen) atoms. The van der Waals surface area contributed by atoms with E-state index >= 15 is 0 Å². The van der Waals surface area contributed by atoms with Gasteiger partial charge in [-0.15, -0.1) is 11.3 Å². The summed E-state index contributed by atoms with van der Waals surface area (Å²) in [5.74, 6) is -0.0798. The molecular weight excluding hydrogens is 398 g/mol. The number of hydrogen-bond acceptors (Lipinski definition) is 6. The second-order valence-electron chi connectivity index (χ2n) is 7.86. The number of carbonyl (C=O) groups is 1. The number of fused-ring (bicyclic) bond motifs is 1. The number of aromatic nitrogens is 3. The van der Waals surface area contributed by atoms with Gasteiger partial charge in [0.1, 0.15) is 0 Å². The standard InChI is InChI=1S/C22H29N5O2S/c1-4-22(3,26-8-10-29-11-9-26)15-23-21(28)16-13-18(19-7-6-12-30-19)25-20-17(16)14-24-27(20)5-2/h6-7,12-14H,4-5,8-11,15H2,1-3H3,(H,23,28). The minimum Gasteiger partial charge on any atom is -0.379 e. The summed E-state index contributed by atoms with van der Waals surface area (Å²) in [7, 11) is 0. The van der Waals surface area contributed by atoms with Gasteiger partial charge in [-0.25, -0.2) is 9.67 Å². The molecular formula is C22H29N5O2S. The Balaban J connectivity index is 1.63. The first kappa shape index (κ1) is 21.0. The topological polar surface area (TPSA) is 72.3 Å². The number of hydrogen-bond donors (Lipinski definition) is 1. The average molecular weight is 428 g/mol. The SMILES string of the molecule is CCn1ncc2c(C(=O)NCC(C)(CC)N3CCOCC3)cc(-c3cccs3)nc21. The maximum absolute atomic E-state index is 13.3. The fraction of sp³-hybridized carbons (Fsp3) is 0.500. The average Bonchev–Trinajstić information content (AvgIpc) is 3.47. The number of nitrogens with zero attached hydrogens (tertiary/aromatic N) is 4. The number of aryl methyl sites for hydroxylation is 1. The summed E-state index contributed by atoms with van der Waals surface area (Å²) in [6.45, 7) is 11.0. The van der Waals surface area contributed by atoms with Crippen molar-refractivity contribution in [1.82, 2.24) is 25.0 Å². The molecule has 1 unspecified atom stereocenters. The Morgan fingerprint density at radius 3 is 2.80 bits per heavy atom. The third-order valence-electron chi connectivity index (χ3n) is 6.09. The molecule has 0 aromatic carbocycles. The predicted molar refractivity (Wildman–Crippen MR) is 120 cm³/mol. The van der Waals surface area contributed by atoms with E-state index in [1.807, 2.05) is 35.2 Å². The molecule has 3 aromatic rings. The van der Waals surface area contributed by atoms with Gasteiger partial charge in [-0.05, 0) is 37.8 Å². The Morgan fingerprint density at radius 2 is 2.13 bits per heavy atom. The van der Waals surface area contributed by atoms with Crippen molar-refractivity contribution in [2.24, 2.45) is 0 Å². The third-order valence-corrected chi connectivity index (χ3v) is 6.99. The minimum absolute atomic E-state index is 0.0798. The summed E-state index contributed by atoms with van der Waals surface area (Å²) in [5.41, 5.74) is 2.09. The van der Waals surface area contributed by atoms with Crippen LogP contribution < -0.4 is 5.32 Å². The quantitative estimate of drug-likeness (QED) is 0.626. The number of thiophene rings is 1. The van der Waals surface area contributed by atoms with Gasteiger partial charge in [0, 0.05) is 31.7 Å². The van der Waals surface area contributed by atoms with Crippen LogP contribution in [0.1, 0.15) is 37.6 Å². The van der Waals surface area contributed by atoms with Crippen LogP contribution in [0.3, 0.4) is 0 Å². The molecule has 0 aliphatic carbocycles. The van der Waals surface area contributed by atoms with Crippen LogP contribution >= 0.6 is 11.3 Å². The van der Waals surface area contributed by atoms with Gasteiger partial charge in [-0.3, -0.25) is 9.69 Å². The van der Waals surface area contributed by atoms with E-state index in [1.54, 1.807) is 17.5 Å². The fourth-order valence-electron chi connectivity index (χ4n) is 3.95. The molecule has 0 radical (unpaired) electrons. The van der Waals surface area contributed by atoms with Crippen LogP contribution in [-0.4, -0.2) is 64.0 Å². The molecule has 4 heterocycles. The van der Waals surface area contributed by atoms with Gasteiger partial charge in [0.15, 0.2) is 5.65 Å². The number of nitrogens with one attached hydrogen (secondary N) is 1. The molecule has 1 saturated heterocycles. The summed E-state index contributed by atoms with van der Waals surface area (Å²) >= 11 is 1.62. The number of amides is 1. The number of pyridine rings is 1. The highest BCUT2D eigenvalue weighted by Crippen LogP contribution is 2.28. The van der Waals surface area contributed by atoms with E-state index < -0.39 is 0 Å². The lowest BCUT2D eigenvalue weighted by molar-refractivity contribution is -0.0169. The summed E-state index contributed by atoms with van der Waals surface area (Å²) in [5, 5.41) is 10.4. The van der Waals surface area contributed by atoms with Gasteiger partial charge in [0.2, 0.25) is 0 Å². The molecule has 0 spiro atoms. The van der Waals surface area contributed by atoms with Crippen LogP contribution in [-0.2, 0) is 11.3 Å². The molecule has 8 heteroatoms. The maximum Gasteiger partial charge on any atom is 0.252 e. The van der Waals surface area contributed by atoms with Crippen molar-refractivity contribution in [3.63, 3.8) is 0 Å². The largest absolute Gasteiger partial charge is 0.379 e. The van der Waals surface area contributed by atoms with E-state index in [9.17, 15) is 4.79 Å². The highest BCUT2D eigenvalue weighted by molar-refractivity contribution is 7.13. The van der Waals surface area contributed by atoms with Crippen molar-refractivity contribution in [1.29, 1.82) is 0 Å². The van der Waals surface area contributed by atoms with Crippen LogP contribution in [0.15, 0.2) is 29.8 Å². The second kappa shape index (κ2) is 8.83. The number of carbonyl (C=O) groups excluding carboxylic acids is 1. The third kappa shape index (κ3) is 3.99.